The molecule has 98 valence electrons. The van der Waals surface area contributed by atoms with Crippen molar-refractivity contribution in [2.24, 2.45) is 0 Å². The summed E-state index contributed by atoms with van der Waals surface area (Å²) in [6.07, 6.45) is 0. The minimum atomic E-state index is -3.84. The topological polar surface area (TPSA) is 74.7 Å². The number of carboxylic acids is 1. The van der Waals surface area contributed by atoms with Gasteiger partial charge in [0, 0.05) is 11.5 Å². The summed E-state index contributed by atoms with van der Waals surface area (Å²) in [5.74, 6) is -1.32. The zero-order valence-corrected chi connectivity index (χ0v) is 12.2. The van der Waals surface area contributed by atoms with Crippen LogP contribution in [0.1, 0.15) is 6.92 Å². The summed E-state index contributed by atoms with van der Waals surface area (Å²) >= 11 is 3.28. The SMILES string of the molecule is CC1C(C(=O)O)S(=O)(=O)c2ccc(Br)cc2N1C. The predicted molar refractivity (Wildman–Crippen MR) is 70.6 cm³/mol. The van der Waals surface area contributed by atoms with Crippen LogP contribution in [-0.4, -0.2) is 37.8 Å². The van der Waals surface area contributed by atoms with E-state index in [-0.39, 0.29) is 4.90 Å². The van der Waals surface area contributed by atoms with Crippen LogP contribution >= 0.6 is 15.9 Å². The van der Waals surface area contributed by atoms with E-state index in [0.717, 1.165) is 4.47 Å². The highest BCUT2D eigenvalue weighted by Gasteiger charge is 2.46. The highest BCUT2D eigenvalue weighted by molar-refractivity contribution is 9.10. The minimum absolute atomic E-state index is 0.0682. The summed E-state index contributed by atoms with van der Waals surface area (Å²) in [4.78, 5) is 12.9. The van der Waals surface area contributed by atoms with Gasteiger partial charge in [-0.05, 0) is 25.1 Å². The van der Waals surface area contributed by atoms with Gasteiger partial charge in [0.25, 0.3) is 0 Å². The van der Waals surface area contributed by atoms with Crippen molar-refractivity contribution >= 4 is 37.4 Å². The molecule has 0 aliphatic carbocycles. The zero-order chi connectivity index (χ0) is 13.7. The second-order valence-corrected chi connectivity index (χ2v) is 7.22. The van der Waals surface area contributed by atoms with Crippen molar-refractivity contribution in [3.63, 3.8) is 0 Å². The van der Waals surface area contributed by atoms with Crippen molar-refractivity contribution in [1.29, 1.82) is 0 Å². The summed E-state index contributed by atoms with van der Waals surface area (Å²) in [6, 6.07) is 4.10. The van der Waals surface area contributed by atoms with E-state index in [9.17, 15) is 13.2 Å². The molecule has 1 aromatic carbocycles. The highest BCUT2D eigenvalue weighted by atomic mass is 79.9. The van der Waals surface area contributed by atoms with Gasteiger partial charge in [0.05, 0.1) is 16.6 Å². The molecule has 0 aromatic heterocycles. The molecule has 18 heavy (non-hydrogen) atoms. The highest BCUT2D eigenvalue weighted by Crippen LogP contribution is 2.37. The Bertz CT molecular complexity index is 613. The lowest BCUT2D eigenvalue weighted by atomic mass is 10.1. The van der Waals surface area contributed by atoms with Gasteiger partial charge in [0.2, 0.25) is 0 Å². The van der Waals surface area contributed by atoms with Crippen LogP contribution in [0.5, 0.6) is 0 Å². The van der Waals surface area contributed by atoms with Crippen molar-refractivity contribution in [1.82, 2.24) is 0 Å². The fourth-order valence-corrected chi connectivity index (χ4v) is 4.51. The molecule has 1 heterocycles. The summed E-state index contributed by atoms with van der Waals surface area (Å²) in [6.45, 7) is 1.60. The van der Waals surface area contributed by atoms with E-state index in [2.05, 4.69) is 15.9 Å². The van der Waals surface area contributed by atoms with Gasteiger partial charge >= 0.3 is 5.97 Å². The molecule has 1 aliphatic rings. The predicted octanol–water partition coefficient (Wildman–Crippen LogP) is 1.51. The summed E-state index contributed by atoms with van der Waals surface area (Å²) in [5.41, 5.74) is 0.523. The Balaban J connectivity index is 2.74. The van der Waals surface area contributed by atoms with E-state index < -0.39 is 27.1 Å². The van der Waals surface area contributed by atoms with Gasteiger partial charge in [0.15, 0.2) is 15.1 Å². The van der Waals surface area contributed by atoms with Gasteiger partial charge in [0.1, 0.15) is 0 Å². The number of hydrogen-bond donors (Lipinski definition) is 1. The Kier molecular flexibility index (Phi) is 3.14. The number of rotatable bonds is 1. The number of carbonyl (C=O) groups is 1. The third-order valence-corrected chi connectivity index (χ3v) is 5.95. The van der Waals surface area contributed by atoms with Crippen LogP contribution in [-0.2, 0) is 14.6 Å². The average molecular weight is 334 g/mol. The maximum absolute atomic E-state index is 12.3. The van der Waals surface area contributed by atoms with Crippen LogP contribution in [0, 0.1) is 0 Å². The average Bonchev–Trinajstić information content (AvgIpc) is 2.25. The number of benzene rings is 1. The first-order valence-corrected chi connectivity index (χ1v) is 7.60. The van der Waals surface area contributed by atoms with E-state index >= 15 is 0 Å². The molecule has 0 spiro atoms. The van der Waals surface area contributed by atoms with E-state index in [0.29, 0.717) is 5.69 Å². The van der Waals surface area contributed by atoms with Gasteiger partial charge in [-0.25, -0.2) is 8.42 Å². The van der Waals surface area contributed by atoms with Crippen LogP contribution in [0.15, 0.2) is 27.6 Å². The number of carboxylic acid groups (broad SMARTS) is 1. The Hall–Kier alpha value is -1.08. The van der Waals surface area contributed by atoms with Gasteiger partial charge in [-0.3, -0.25) is 4.79 Å². The van der Waals surface area contributed by atoms with E-state index in [1.165, 1.54) is 6.07 Å². The monoisotopic (exact) mass is 333 g/mol. The normalized spacial score (nSPS) is 25.6. The molecular formula is C11H12BrNO4S. The van der Waals surface area contributed by atoms with Crippen molar-refractivity contribution in [2.45, 2.75) is 23.1 Å². The molecule has 0 amide bonds. The fourth-order valence-electron chi connectivity index (χ4n) is 2.16. The lowest BCUT2D eigenvalue weighted by Gasteiger charge is -2.37. The molecule has 0 saturated carbocycles. The molecule has 0 bridgehead atoms. The molecule has 2 unspecified atom stereocenters. The lowest BCUT2D eigenvalue weighted by Crippen LogP contribution is -2.51. The first kappa shape index (κ1) is 13.4. The number of anilines is 1. The van der Waals surface area contributed by atoms with Crippen LogP contribution in [0.25, 0.3) is 0 Å². The van der Waals surface area contributed by atoms with E-state index in [1.807, 2.05) is 0 Å². The van der Waals surface area contributed by atoms with Crippen molar-refractivity contribution in [3.8, 4) is 0 Å². The molecule has 5 nitrogen and oxygen atoms in total. The zero-order valence-electron chi connectivity index (χ0n) is 9.79. The van der Waals surface area contributed by atoms with Gasteiger partial charge < -0.3 is 10.0 Å². The van der Waals surface area contributed by atoms with E-state index in [4.69, 9.17) is 5.11 Å². The first-order chi connectivity index (χ1) is 8.26. The molecule has 7 heteroatoms. The van der Waals surface area contributed by atoms with E-state index in [1.54, 1.807) is 31.0 Å². The smallest absolute Gasteiger partial charge is 0.324 e. The quantitative estimate of drug-likeness (QED) is 0.843. The second kappa shape index (κ2) is 4.24. The Morgan fingerprint density at radius 3 is 2.61 bits per heavy atom. The number of hydrogen-bond acceptors (Lipinski definition) is 4. The van der Waals surface area contributed by atoms with Crippen molar-refractivity contribution < 1.29 is 18.3 Å². The maximum atomic E-state index is 12.3. The molecule has 0 fully saturated rings. The molecule has 2 rings (SSSR count). The molecule has 0 saturated heterocycles. The third kappa shape index (κ3) is 1.81. The van der Waals surface area contributed by atoms with Gasteiger partial charge in [-0.15, -0.1) is 0 Å². The minimum Gasteiger partial charge on any atom is -0.480 e. The maximum Gasteiger partial charge on any atom is 0.324 e. The third-order valence-electron chi connectivity index (χ3n) is 3.23. The molecule has 0 radical (unpaired) electrons. The lowest BCUT2D eigenvalue weighted by molar-refractivity contribution is -0.136. The first-order valence-electron chi connectivity index (χ1n) is 5.26. The summed E-state index contributed by atoms with van der Waals surface area (Å²) in [5, 5.41) is 7.69. The number of nitrogens with zero attached hydrogens (tertiary/aromatic N) is 1. The summed E-state index contributed by atoms with van der Waals surface area (Å²) in [7, 11) is -2.15. The van der Waals surface area contributed by atoms with Crippen molar-refractivity contribution in [3.05, 3.63) is 22.7 Å². The molecule has 1 aromatic rings. The van der Waals surface area contributed by atoms with Gasteiger partial charge in [-0.2, -0.15) is 0 Å². The summed E-state index contributed by atoms with van der Waals surface area (Å²) < 4.78 is 25.3. The Morgan fingerprint density at radius 1 is 1.44 bits per heavy atom. The van der Waals surface area contributed by atoms with Gasteiger partial charge in [-0.1, -0.05) is 15.9 Å². The number of aliphatic carboxylic acids is 1. The standard InChI is InChI=1S/C11H12BrNO4S/c1-6-10(11(14)15)18(16,17)9-4-3-7(12)5-8(9)13(6)2/h3-6,10H,1-2H3,(H,14,15). The van der Waals surface area contributed by atoms with Crippen molar-refractivity contribution in [2.75, 3.05) is 11.9 Å². The van der Waals surface area contributed by atoms with Crippen LogP contribution < -0.4 is 4.90 Å². The molecule has 1 N–H and O–H groups in total. The Labute approximate surface area is 113 Å². The largest absolute Gasteiger partial charge is 0.480 e. The fraction of sp³-hybridized carbons (Fsp3) is 0.364. The van der Waals surface area contributed by atoms with Crippen LogP contribution in [0.2, 0.25) is 0 Å². The number of fused-ring (bicyclic) bond motifs is 1. The molecular weight excluding hydrogens is 322 g/mol. The molecule has 1 aliphatic heterocycles. The van der Waals surface area contributed by atoms with Crippen LogP contribution in [0.3, 0.4) is 0 Å². The second-order valence-electron chi connectivity index (χ2n) is 4.27. The number of sulfone groups is 1. The Morgan fingerprint density at radius 2 is 2.06 bits per heavy atom. The molecule has 2 atom stereocenters. The number of halogens is 1. The van der Waals surface area contributed by atoms with Crippen LogP contribution in [0.4, 0.5) is 5.69 Å².